The minimum atomic E-state index is 0.103. The van der Waals surface area contributed by atoms with Gasteiger partial charge in [0.25, 0.3) is 0 Å². The van der Waals surface area contributed by atoms with Crippen molar-refractivity contribution < 1.29 is 4.79 Å². The molecule has 1 aliphatic rings. The molecule has 2 aromatic rings. The maximum absolute atomic E-state index is 12.5. The molecule has 1 unspecified atom stereocenters. The Balaban J connectivity index is 2.00. The molecule has 1 atom stereocenters. The first kappa shape index (κ1) is 11.4. The fraction of sp³-hybridized carbons (Fsp3) is 0.333. The van der Waals surface area contributed by atoms with E-state index in [2.05, 4.69) is 10.3 Å². The molecule has 0 aliphatic carbocycles. The number of carbonyl (C=O) groups is 1. The minimum absolute atomic E-state index is 0.103. The summed E-state index contributed by atoms with van der Waals surface area (Å²) >= 11 is 0. The van der Waals surface area contributed by atoms with Crippen LogP contribution in [-0.2, 0) is 0 Å². The molecule has 0 bridgehead atoms. The second-order valence-electron chi connectivity index (χ2n) is 4.82. The van der Waals surface area contributed by atoms with E-state index < -0.39 is 0 Å². The monoisotopic (exact) mass is 240 g/mol. The van der Waals surface area contributed by atoms with Gasteiger partial charge < -0.3 is 5.32 Å². The summed E-state index contributed by atoms with van der Waals surface area (Å²) in [4.78, 5) is 16.7. The van der Waals surface area contributed by atoms with Crippen LogP contribution >= 0.6 is 0 Å². The molecule has 1 N–H and O–H groups in total. The number of rotatable bonds is 2. The van der Waals surface area contributed by atoms with Gasteiger partial charge in [0.15, 0.2) is 5.78 Å². The number of hydrogen-bond acceptors (Lipinski definition) is 3. The molecule has 3 heteroatoms. The molecule has 2 heterocycles. The maximum atomic E-state index is 12.5. The molecule has 1 aromatic heterocycles. The van der Waals surface area contributed by atoms with E-state index in [-0.39, 0.29) is 11.7 Å². The van der Waals surface area contributed by atoms with Crippen molar-refractivity contribution >= 4 is 16.6 Å². The summed E-state index contributed by atoms with van der Waals surface area (Å²) < 4.78 is 0. The van der Waals surface area contributed by atoms with E-state index in [1.165, 1.54) is 0 Å². The Morgan fingerprint density at radius 3 is 3.00 bits per heavy atom. The van der Waals surface area contributed by atoms with Gasteiger partial charge in [0, 0.05) is 35.8 Å². The molecule has 1 saturated heterocycles. The maximum Gasteiger partial charge on any atom is 0.169 e. The highest BCUT2D eigenvalue weighted by molar-refractivity contribution is 6.08. The molecular formula is C15H16N2O. The lowest BCUT2D eigenvalue weighted by Gasteiger charge is -2.21. The standard InChI is InChI=1S/C15H16N2O/c18-15(12-5-3-7-16-9-12)14-10-17-8-11-4-1-2-6-13(11)14/h1-2,4,6,8,10,12,16H,3,5,7,9H2. The fourth-order valence-electron chi connectivity index (χ4n) is 2.61. The average Bonchev–Trinajstić information content (AvgIpc) is 2.47. The second kappa shape index (κ2) is 4.86. The molecule has 0 amide bonds. The van der Waals surface area contributed by atoms with E-state index in [0.717, 1.165) is 42.3 Å². The zero-order valence-corrected chi connectivity index (χ0v) is 10.2. The molecule has 3 rings (SSSR count). The number of carbonyl (C=O) groups excluding carboxylic acids is 1. The highest BCUT2D eigenvalue weighted by Gasteiger charge is 2.23. The second-order valence-corrected chi connectivity index (χ2v) is 4.82. The van der Waals surface area contributed by atoms with Gasteiger partial charge in [0.1, 0.15) is 0 Å². The van der Waals surface area contributed by atoms with Crippen LogP contribution in [0.1, 0.15) is 23.2 Å². The lowest BCUT2D eigenvalue weighted by molar-refractivity contribution is 0.0901. The number of ketones is 1. The first-order valence-electron chi connectivity index (χ1n) is 6.44. The molecule has 0 saturated carbocycles. The van der Waals surface area contributed by atoms with Crippen molar-refractivity contribution in [3.05, 3.63) is 42.2 Å². The third-order valence-electron chi connectivity index (χ3n) is 3.60. The third-order valence-corrected chi connectivity index (χ3v) is 3.60. The lowest BCUT2D eigenvalue weighted by Crippen LogP contribution is -2.34. The Bertz CT molecular complexity index is 568. The van der Waals surface area contributed by atoms with Crippen LogP contribution in [0.2, 0.25) is 0 Å². The van der Waals surface area contributed by atoms with Crippen LogP contribution in [0, 0.1) is 5.92 Å². The largest absolute Gasteiger partial charge is 0.316 e. The Morgan fingerprint density at radius 2 is 2.17 bits per heavy atom. The van der Waals surface area contributed by atoms with Crippen molar-refractivity contribution in [2.45, 2.75) is 12.8 Å². The van der Waals surface area contributed by atoms with Gasteiger partial charge in [-0.15, -0.1) is 0 Å². The van der Waals surface area contributed by atoms with Crippen LogP contribution in [0.25, 0.3) is 10.8 Å². The van der Waals surface area contributed by atoms with Crippen molar-refractivity contribution in [2.24, 2.45) is 5.92 Å². The number of nitrogens with zero attached hydrogens (tertiary/aromatic N) is 1. The molecule has 18 heavy (non-hydrogen) atoms. The number of fused-ring (bicyclic) bond motifs is 1. The van der Waals surface area contributed by atoms with Crippen LogP contribution in [-0.4, -0.2) is 23.9 Å². The number of aromatic nitrogens is 1. The van der Waals surface area contributed by atoms with E-state index in [4.69, 9.17) is 0 Å². The van der Waals surface area contributed by atoms with E-state index in [9.17, 15) is 4.79 Å². The van der Waals surface area contributed by atoms with E-state index in [1.807, 2.05) is 30.5 Å². The van der Waals surface area contributed by atoms with Crippen molar-refractivity contribution in [2.75, 3.05) is 13.1 Å². The molecule has 0 spiro atoms. The highest BCUT2D eigenvalue weighted by atomic mass is 16.1. The smallest absolute Gasteiger partial charge is 0.169 e. The summed E-state index contributed by atoms with van der Waals surface area (Å²) in [6.45, 7) is 1.82. The zero-order chi connectivity index (χ0) is 12.4. The Kier molecular flexibility index (Phi) is 3.07. The first-order chi connectivity index (χ1) is 8.86. The molecule has 1 aromatic carbocycles. The van der Waals surface area contributed by atoms with Crippen molar-refractivity contribution in [1.82, 2.24) is 10.3 Å². The van der Waals surface area contributed by atoms with Crippen molar-refractivity contribution in [3.63, 3.8) is 0 Å². The molecule has 1 aliphatic heterocycles. The lowest BCUT2D eigenvalue weighted by atomic mass is 9.90. The normalized spacial score (nSPS) is 19.9. The van der Waals surface area contributed by atoms with Crippen LogP contribution in [0.3, 0.4) is 0 Å². The summed E-state index contributed by atoms with van der Waals surface area (Å²) in [5.74, 6) is 0.331. The van der Waals surface area contributed by atoms with Crippen LogP contribution in [0.4, 0.5) is 0 Å². The predicted molar refractivity (Wildman–Crippen MR) is 71.7 cm³/mol. The van der Waals surface area contributed by atoms with Gasteiger partial charge in [-0.3, -0.25) is 9.78 Å². The van der Waals surface area contributed by atoms with Gasteiger partial charge in [-0.1, -0.05) is 24.3 Å². The van der Waals surface area contributed by atoms with Gasteiger partial charge in [-0.2, -0.15) is 0 Å². The summed E-state index contributed by atoms with van der Waals surface area (Å²) in [5.41, 5.74) is 0.766. The Morgan fingerprint density at radius 1 is 1.28 bits per heavy atom. The summed E-state index contributed by atoms with van der Waals surface area (Å²) in [7, 11) is 0. The molecule has 1 fully saturated rings. The van der Waals surface area contributed by atoms with Gasteiger partial charge in [-0.25, -0.2) is 0 Å². The number of piperidine rings is 1. The summed E-state index contributed by atoms with van der Waals surface area (Å²) in [6.07, 6.45) is 5.58. The quantitative estimate of drug-likeness (QED) is 0.820. The summed E-state index contributed by atoms with van der Waals surface area (Å²) in [6, 6.07) is 7.94. The minimum Gasteiger partial charge on any atom is -0.316 e. The molecule has 3 nitrogen and oxygen atoms in total. The summed E-state index contributed by atoms with van der Waals surface area (Å²) in [5, 5.41) is 5.34. The Labute approximate surface area is 106 Å². The third kappa shape index (κ3) is 2.02. The zero-order valence-electron chi connectivity index (χ0n) is 10.2. The highest BCUT2D eigenvalue weighted by Crippen LogP contribution is 2.22. The number of benzene rings is 1. The molecule has 92 valence electrons. The van der Waals surface area contributed by atoms with E-state index >= 15 is 0 Å². The van der Waals surface area contributed by atoms with Crippen LogP contribution in [0.15, 0.2) is 36.7 Å². The topological polar surface area (TPSA) is 42.0 Å². The number of pyridine rings is 1. The van der Waals surface area contributed by atoms with E-state index in [1.54, 1.807) is 6.20 Å². The average molecular weight is 240 g/mol. The number of Topliss-reactive ketones (excluding diaryl/α,β-unsaturated/α-hetero) is 1. The predicted octanol–water partition coefficient (Wildman–Crippen LogP) is 2.42. The van der Waals surface area contributed by atoms with Gasteiger partial charge >= 0.3 is 0 Å². The van der Waals surface area contributed by atoms with Gasteiger partial charge in [0.05, 0.1) is 0 Å². The van der Waals surface area contributed by atoms with Crippen LogP contribution < -0.4 is 5.32 Å². The van der Waals surface area contributed by atoms with Gasteiger partial charge in [0.2, 0.25) is 0 Å². The SMILES string of the molecule is O=C(c1cncc2ccccc12)C1CCCNC1. The first-order valence-corrected chi connectivity index (χ1v) is 6.44. The van der Waals surface area contributed by atoms with Crippen LogP contribution in [0.5, 0.6) is 0 Å². The Hall–Kier alpha value is -1.74. The van der Waals surface area contributed by atoms with E-state index in [0.29, 0.717) is 0 Å². The fourth-order valence-corrected chi connectivity index (χ4v) is 2.61. The van der Waals surface area contributed by atoms with Gasteiger partial charge in [-0.05, 0) is 24.8 Å². The molecular weight excluding hydrogens is 224 g/mol. The van der Waals surface area contributed by atoms with Crippen molar-refractivity contribution in [1.29, 1.82) is 0 Å². The molecule has 0 radical (unpaired) electrons. The number of hydrogen-bond donors (Lipinski definition) is 1. The number of nitrogens with one attached hydrogen (secondary N) is 1. The van der Waals surface area contributed by atoms with Crippen molar-refractivity contribution in [3.8, 4) is 0 Å².